The highest BCUT2D eigenvalue weighted by Crippen LogP contribution is 2.39. The largest absolute Gasteiger partial charge is 0.459 e. The molecule has 13 heavy (non-hydrogen) atoms. The van der Waals surface area contributed by atoms with Crippen molar-refractivity contribution < 1.29 is 18.6 Å². The smallest absolute Gasteiger partial charge is 0.330 e. The topological polar surface area (TPSA) is 66.8 Å². The van der Waals surface area contributed by atoms with Crippen LogP contribution in [0.5, 0.6) is 0 Å². The molecule has 0 aromatic heterocycles. The van der Waals surface area contributed by atoms with E-state index in [-0.39, 0.29) is 14.1 Å². The number of rotatable bonds is 2. The van der Waals surface area contributed by atoms with E-state index in [4.69, 9.17) is 9.79 Å². The second kappa shape index (κ2) is 6.36. The Kier molecular flexibility index (Phi) is 7.98. The third-order valence-corrected chi connectivity index (χ3v) is 3.54. The van der Waals surface area contributed by atoms with Crippen molar-refractivity contribution in [3.8, 4) is 0 Å². The van der Waals surface area contributed by atoms with Gasteiger partial charge in [0, 0.05) is 0 Å². The Morgan fingerprint density at radius 3 is 1.38 bits per heavy atom. The highest BCUT2D eigenvalue weighted by atomic mass is 31.2. The molecule has 0 saturated carbocycles. The number of hydrogen-bond donors (Lipinski definition) is 2. The van der Waals surface area contributed by atoms with E-state index in [2.05, 4.69) is 21.6 Å². The lowest BCUT2D eigenvalue weighted by Gasteiger charge is -2.16. The Hall–Kier alpha value is 0.859. The van der Waals surface area contributed by atoms with Crippen LogP contribution in [0.15, 0.2) is 0 Å². The molecular weight excluding hydrogens is 222 g/mol. The van der Waals surface area contributed by atoms with Crippen LogP contribution in [0.3, 0.4) is 0 Å². The molecule has 0 aliphatic heterocycles. The van der Waals surface area contributed by atoms with E-state index in [1.54, 1.807) is 19.6 Å². The predicted molar refractivity (Wildman–Crippen MR) is 59.8 cm³/mol. The molecule has 0 aliphatic rings. The van der Waals surface area contributed by atoms with E-state index in [1.165, 1.54) is 0 Å². The molecule has 0 amide bonds. The first-order valence-corrected chi connectivity index (χ1v) is 12.6. The summed E-state index contributed by atoms with van der Waals surface area (Å²) >= 11 is -0.139. The fourth-order valence-corrected chi connectivity index (χ4v) is 3.21. The summed E-state index contributed by atoms with van der Waals surface area (Å²) in [6.45, 7) is 5.14. The van der Waals surface area contributed by atoms with E-state index >= 15 is 0 Å². The predicted octanol–water partition coefficient (Wildman–Crippen LogP) is 2.30. The van der Waals surface area contributed by atoms with Crippen molar-refractivity contribution in [1.29, 1.82) is 0 Å². The average molecular weight is 242 g/mol. The Morgan fingerprint density at radius 1 is 1.15 bits per heavy atom. The lowest BCUT2D eigenvalue weighted by molar-refractivity contribution is 0.281. The van der Waals surface area contributed by atoms with Gasteiger partial charge < -0.3 is 14.0 Å². The summed E-state index contributed by atoms with van der Waals surface area (Å²) < 4.78 is 14.6. The molecule has 0 spiro atoms. The van der Waals surface area contributed by atoms with Crippen LogP contribution >= 0.6 is 7.82 Å². The Labute approximate surface area is 86.1 Å². The molecule has 0 fully saturated rings. The molecule has 7 heteroatoms. The number of phosphoric acid groups is 1. The van der Waals surface area contributed by atoms with Gasteiger partial charge in [-0.15, -0.1) is 17.4 Å². The Balaban J connectivity index is 0. The van der Waals surface area contributed by atoms with Crippen LogP contribution in [0.4, 0.5) is 0 Å². The third kappa shape index (κ3) is 32.2. The zero-order chi connectivity index (χ0) is 11.3. The van der Waals surface area contributed by atoms with E-state index < -0.39 is 16.1 Å². The minimum absolute atomic E-state index is 0.139. The van der Waals surface area contributed by atoms with Crippen molar-refractivity contribution in [2.45, 2.75) is 37.0 Å². The van der Waals surface area contributed by atoms with Crippen LogP contribution < -0.4 is 0 Å². The van der Waals surface area contributed by atoms with Crippen molar-refractivity contribution >= 4 is 30.3 Å². The van der Waals surface area contributed by atoms with Crippen LogP contribution in [-0.4, -0.2) is 32.3 Å². The summed E-state index contributed by atoms with van der Waals surface area (Å²) in [5.41, 5.74) is 0. The second-order valence-corrected chi connectivity index (χ2v) is 13.8. The minimum Gasteiger partial charge on any atom is -0.330 e. The number of hydrogen-bond acceptors (Lipinski definition) is 2. The summed E-state index contributed by atoms with van der Waals surface area (Å²) in [6.07, 6.45) is 0. The van der Waals surface area contributed by atoms with E-state index in [0.29, 0.717) is 0 Å². The second-order valence-electron chi connectivity index (χ2n) is 4.43. The standard InChI is InChI=1S/C3H11O4PSi.3CH3.Al/c1-9(2,3)7-8(4,5)6;;;;/h1-3H3,(H2,4,5,6);3*1H3;. The van der Waals surface area contributed by atoms with Gasteiger partial charge in [-0.05, 0) is 19.6 Å². The molecule has 0 bridgehead atoms. The van der Waals surface area contributed by atoms with E-state index in [1.807, 2.05) is 0 Å². The van der Waals surface area contributed by atoms with Gasteiger partial charge in [-0.2, -0.15) is 0 Å². The molecule has 0 rings (SSSR count). The first-order valence-electron chi connectivity index (χ1n) is 4.20. The van der Waals surface area contributed by atoms with E-state index in [9.17, 15) is 4.57 Å². The lowest BCUT2D eigenvalue weighted by atomic mass is 11.8. The molecule has 4 nitrogen and oxygen atoms in total. The quantitative estimate of drug-likeness (QED) is 0.576. The zero-order valence-electron chi connectivity index (χ0n) is 9.24. The molecule has 0 saturated heterocycles. The van der Waals surface area contributed by atoms with Crippen LogP contribution in [0, 0.1) is 0 Å². The third-order valence-electron chi connectivity index (χ3n) is 0.393. The maximum atomic E-state index is 10.2. The van der Waals surface area contributed by atoms with Crippen LogP contribution in [0.2, 0.25) is 37.0 Å². The van der Waals surface area contributed by atoms with Gasteiger partial charge in [-0.1, -0.05) is 0 Å². The molecule has 0 atom stereocenters. The van der Waals surface area contributed by atoms with Gasteiger partial charge in [0.25, 0.3) is 14.1 Å². The minimum atomic E-state index is -4.23. The van der Waals surface area contributed by atoms with Crippen LogP contribution in [0.1, 0.15) is 0 Å². The van der Waals surface area contributed by atoms with Gasteiger partial charge >= 0.3 is 7.82 Å². The Morgan fingerprint density at radius 2 is 1.38 bits per heavy atom. The molecule has 80 valence electrons. The van der Waals surface area contributed by atoms with Crippen molar-refractivity contribution in [2.75, 3.05) is 0 Å². The molecule has 0 aromatic carbocycles. The zero-order valence-corrected chi connectivity index (χ0v) is 12.3. The fraction of sp³-hybridized carbons (Fsp3) is 1.00. The van der Waals surface area contributed by atoms with Crippen LogP contribution in [-0.2, 0) is 8.78 Å². The van der Waals surface area contributed by atoms with Gasteiger partial charge in [-0.25, -0.2) is 4.57 Å². The molecular formula is C6H20AlO4PSi. The van der Waals surface area contributed by atoms with Crippen molar-refractivity contribution in [1.82, 2.24) is 0 Å². The van der Waals surface area contributed by atoms with Gasteiger partial charge in [-0.3, -0.25) is 0 Å². The summed E-state index contributed by atoms with van der Waals surface area (Å²) in [7, 11) is -6.28. The maximum absolute atomic E-state index is 10.2. The summed E-state index contributed by atoms with van der Waals surface area (Å²) in [6, 6.07) is 0. The molecule has 0 heterocycles. The van der Waals surface area contributed by atoms with Crippen molar-refractivity contribution in [3.63, 3.8) is 0 Å². The maximum Gasteiger partial charge on any atom is 0.459 e. The van der Waals surface area contributed by atoms with Crippen LogP contribution in [0.25, 0.3) is 0 Å². The monoisotopic (exact) mass is 242 g/mol. The fourth-order valence-electron chi connectivity index (χ4n) is 0.357. The highest BCUT2D eigenvalue weighted by Gasteiger charge is 2.25. The molecule has 0 aliphatic carbocycles. The van der Waals surface area contributed by atoms with Gasteiger partial charge in [0.05, 0.1) is 0 Å². The van der Waals surface area contributed by atoms with E-state index in [0.717, 1.165) is 0 Å². The van der Waals surface area contributed by atoms with Gasteiger partial charge in [0.1, 0.15) is 0 Å². The molecule has 0 aromatic rings. The summed E-state index contributed by atoms with van der Waals surface area (Å²) in [5.74, 6) is 6.92. The van der Waals surface area contributed by atoms with Gasteiger partial charge in [0.15, 0.2) is 8.32 Å². The van der Waals surface area contributed by atoms with Crippen molar-refractivity contribution in [3.05, 3.63) is 0 Å². The average Bonchev–Trinajstić information content (AvgIpc) is 1.47. The van der Waals surface area contributed by atoms with Crippen molar-refractivity contribution in [2.24, 2.45) is 0 Å². The van der Waals surface area contributed by atoms with Gasteiger partial charge in [0.2, 0.25) is 0 Å². The highest BCUT2D eigenvalue weighted by molar-refractivity contribution is 7.48. The molecule has 0 unspecified atom stereocenters. The molecule has 0 radical (unpaired) electrons. The molecule has 2 N–H and O–H groups in total. The lowest BCUT2D eigenvalue weighted by Crippen LogP contribution is -2.23. The first-order chi connectivity index (χ1) is 5.44. The summed E-state index contributed by atoms with van der Waals surface area (Å²) in [5, 5.41) is 0. The Bertz CT molecular complexity index is 171. The SMILES string of the molecule is C[Si](C)(C)OP(=O)(O)O.[CH3][Al]([CH3])[CH3]. The first kappa shape index (κ1) is 16.3. The normalized spacial score (nSPS) is 11.7. The summed E-state index contributed by atoms with van der Waals surface area (Å²) in [4.78, 5) is 16.6.